The van der Waals surface area contributed by atoms with Crippen molar-refractivity contribution >= 4 is 29.3 Å². The van der Waals surface area contributed by atoms with E-state index < -0.39 is 45.3 Å². The Kier molecular flexibility index (Phi) is 3.66. The Balaban J connectivity index is 0.00000162. The Bertz CT molecular complexity index is 699. The van der Waals surface area contributed by atoms with Gasteiger partial charge in [0.1, 0.15) is 5.56 Å². The molecule has 0 amide bonds. The van der Waals surface area contributed by atoms with Gasteiger partial charge in [-0.25, -0.2) is 18.0 Å². The van der Waals surface area contributed by atoms with Crippen molar-refractivity contribution in [2.24, 2.45) is 0 Å². The molecule has 1 aromatic heterocycles. The highest BCUT2D eigenvalue weighted by Crippen LogP contribution is 2.19. The predicted molar refractivity (Wildman–Crippen MR) is 58.6 cm³/mol. The average Bonchev–Trinajstić information content (AvgIpc) is 2.25. The number of fused-ring (bicyclic) bond motifs is 1. The molecule has 2 N–H and O–H groups in total. The van der Waals surface area contributed by atoms with Crippen molar-refractivity contribution in [2.75, 3.05) is 0 Å². The van der Waals surface area contributed by atoms with Crippen LogP contribution in [0.1, 0.15) is 10.4 Å². The molecular weight excluding hydrogens is 275 g/mol. The molecule has 0 saturated carbocycles. The highest BCUT2D eigenvalue weighted by Gasteiger charge is 2.19. The van der Waals surface area contributed by atoms with Crippen LogP contribution in [0.25, 0.3) is 10.9 Å². The van der Waals surface area contributed by atoms with E-state index in [0.717, 1.165) is 6.20 Å². The largest absolute Gasteiger partial charge is 0.477 e. The highest BCUT2D eigenvalue weighted by atomic mass is 35.5. The van der Waals surface area contributed by atoms with Crippen LogP contribution in [-0.4, -0.2) is 16.1 Å². The van der Waals surface area contributed by atoms with Gasteiger partial charge in [-0.2, -0.15) is 0 Å². The van der Waals surface area contributed by atoms with Crippen molar-refractivity contribution in [2.45, 2.75) is 0 Å². The number of benzene rings is 1. The molecule has 0 aliphatic rings. The number of aromatic nitrogens is 1. The van der Waals surface area contributed by atoms with Crippen LogP contribution in [0, 0.1) is 17.5 Å². The zero-order valence-corrected chi connectivity index (χ0v) is 9.28. The first-order chi connectivity index (χ1) is 7.93. The van der Waals surface area contributed by atoms with E-state index in [4.69, 9.17) is 5.11 Å². The van der Waals surface area contributed by atoms with Crippen molar-refractivity contribution in [1.29, 1.82) is 0 Å². The number of hydrogen-bond acceptors (Lipinski definition) is 2. The van der Waals surface area contributed by atoms with Crippen molar-refractivity contribution in [3.63, 3.8) is 0 Å². The molecule has 1 aromatic carbocycles. The Labute approximate surface area is 103 Å². The van der Waals surface area contributed by atoms with E-state index in [1.54, 1.807) is 0 Å². The number of aromatic amines is 1. The van der Waals surface area contributed by atoms with Crippen molar-refractivity contribution in [1.82, 2.24) is 4.98 Å². The lowest BCUT2D eigenvalue weighted by molar-refractivity contribution is 0.0695. The summed E-state index contributed by atoms with van der Waals surface area (Å²) in [7, 11) is 0. The lowest BCUT2D eigenvalue weighted by Crippen LogP contribution is -2.17. The number of carboxylic acids is 1. The Morgan fingerprint density at radius 3 is 2.39 bits per heavy atom. The van der Waals surface area contributed by atoms with Crippen LogP contribution in [0.5, 0.6) is 0 Å². The number of carboxylic acid groups (broad SMARTS) is 1. The molecule has 0 atom stereocenters. The summed E-state index contributed by atoms with van der Waals surface area (Å²) in [6.45, 7) is 0. The van der Waals surface area contributed by atoms with E-state index in [-0.39, 0.29) is 18.5 Å². The van der Waals surface area contributed by atoms with Crippen LogP contribution in [-0.2, 0) is 0 Å². The van der Waals surface area contributed by atoms with Gasteiger partial charge in [-0.3, -0.25) is 4.79 Å². The predicted octanol–water partition coefficient (Wildman–Crippen LogP) is 2.07. The molecule has 0 spiro atoms. The van der Waals surface area contributed by atoms with Crippen LogP contribution in [0.4, 0.5) is 13.2 Å². The molecule has 0 aliphatic carbocycles. The van der Waals surface area contributed by atoms with Gasteiger partial charge in [0.25, 0.3) is 0 Å². The van der Waals surface area contributed by atoms with Crippen molar-refractivity contribution in [3.8, 4) is 0 Å². The Hall–Kier alpha value is -2.02. The van der Waals surface area contributed by atoms with Crippen LogP contribution in [0.3, 0.4) is 0 Å². The molecule has 18 heavy (non-hydrogen) atoms. The van der Waals surface area contributed by atoms with Crippen molar-refractivity contribution in [3.05, 3.63) is 45.5 Å². The fourth-order valence-electron chi connectivity index (χ4n) is 1.45. The molecule has 0 saturated heterocycles. The van der Waals surface area contributed by atoms with Gasteiger partial charge in [-0.05, 0) is 0 Å². The van der Waals surface area contributed by atoms with Crippen LogP contribution in [0.2, 0.25) is 0 Å². The van der Waals surface area contributed by atoms with Gasteiger partial charge >= 0.3 is 5.97 Å². The highest BCUT2D eigenvalue weighted by molar-refractivity contribution is 5.92. The van der Waals surface area contributed by atoms with E-state index >= 15 is 0 Å². The van der Waals surface area contributed by atoms with Crippen LogP contribution >= 0.6 is 12.4 Å². The monoisotopic (exact) mass is 279 g/mol. The Morgan fingerprint density at radius 2 is 1.83 bits per heavy atom. The van der Waals surface area contributed by atoms with Gasteiger partial charge in [-0.1, -0.05) is 0 Å². The summed E-state index contributed by atoms with van der Waals surface area (Å²) in [5.74, 6) is -5.92. The minimum Gasteiger partial charge on any atom is -0.477 e. The summed E-state index contributed by atoms with van der Waals surface area (Å²) in [4.78, 5) is 24.3. The zero-order valence-electron chi connectivity index (χ0n) is 8.46. The summed E-state index contributed by atoms with van der Waals surface area (Å²) in [5.41, 5.74) is -2.64. The first-order valence-corrected chi connectivity index (χ1v) is 4.35. The van der Waals surface area contributed by atoms with Gasteiger partial charge < -0.3 is 10.1 Å². The van der Waals surface area contributed by atoms with E-state index in [1.165, 1.54) is 0 Å². The zero-order chi connectivity index (χ0) is 12.7. The summed E-state index contributed by atoms with van der Waals surface area (Å²) >= 11 is 0. The number of hydrogen-bond donors (Lipinski definition) is 2. The summed E-state index contributed by atoms with van der Waals surface area (Å²) in [6, 6.07) is 0.272. The second-order valence-electron chi connectivity index (χ2n) is 3.24. The molecule has 96 valence electrons. The van der Waals surface area contributed by atoms with E-state index in [2.05, 4.69) is 4.98 Å². The number of halogens is 4. The summed E-state index contributed by atoms with van der Waals surface area (Å²) in [5, 5.41) is 7.68. The lowest BCUT2D eigenvalue weighted by Gasteiger charge is -2.03. The smallest absolute Gasteiger partial charge is 0.341 e. The average molecular weight is 280 g/mol. The van der Waals surface area contributed by atoms with E-state index in [9.17, 15) is 22.8 Å². The van der Waals surface area contributed by atoms with E-state index in [0.29, 0.717) is 0 Å². The molecule has 0 unspecified atom stereocenters. The number of nitrogens with one attached hydrogen (secondary N) is 1. The molecule has 0 fully saturated rings. The van der Waals surface area contributed by atoms with Gasteiger partial charge in [0, 0.05) is 12.3 Å². The Morgan fingerprint density at radius 1 is 1.22 bits per heavy atom. The fourth-order valence-corrected chi connectivity index (χ4v) is 1.45. The minimum absolute atomic E-state index is 0. The van der Waals surface area contributed by atoms with Gasteiger partial charge in [0.05, 0.1) is 10.9 Å². The van der Waals surface area contributed by atoms with Crippen LogP contribution < -0.4 is 5.43 Å². The third-order valence-corrected chi connectivity index (χ3v) is 2.23. The van der Waals surface area contributed by atoms with Crippen molar-refractivity contribution < 1.29 is 23.1 Å². The number of pyridine rings is 1. The molecular formula is C10H5ClF3NO3. The SMILES string of the molecule is Cl.O=C(O)c1c[nH]c2c(F)cc(F)c(F)c2c1=O. The molecule has 1 heterocycles. The maximum atomic E-state index is 13.3. The minimum atomic E-state index is -1.61. The molecule has 0 bridgehead atoms. The first kappa shape index (κ1) is 14.0. The molecule has 0 aliphatic heterocycles. The normalized spacial score (nSPS) is 10.2. The van der Waals surface area contributed by atoms with Gasteiger partial charge in [0.15, 0.2) is 17.5 Å². The maximum Gasteiger partial charge on any atom is 0.341 e. The fraction of sp³-hybridized carbons (Fsp3) is 0. The quantitative estimate of drug-likeness (QED) is 0.785. The number of carbonyl (C=O) groups is 1. The molecule has 2 rings (SSSR count). The number of aromatic carboxylic acids is 1. The molecule has 4 nitrogen and oxygen atoms in total. The topological polar surface area (TPSA) is 70.2 Å². The van der Waals surface area contributed by atoms with E-state index in [1.807, 2.05) is 0 Å². The standard InChI is InChI=1S/C10H4F3NO3.ClH/c11-4-1-5(12)8-6(7(4)13)9(15)3(2-14-8)10(16)17;/h1-2H,(H,14,15)(H,16,17);1H. The molecule has 2 aromatic rings. The number of rotatable bonds is 1. The van der Waals surface area contributed by atoms with Crippen LogP contribution in [0.15, 0.2) is 17.1 Å². The summed E-state index contributed by atoms with van der Waals surface area (Å²) in [6.07, 6.45) is 0.730. The van der Waals surface area contributed by atoms with Gasteiger partial charge in [-0.15, -0.1) is 12.4 Å². The summed E-state index contributed by atoms with van der Waals surface area (Å²) < 4.78 is 39.5. The third kappa shape index (κ3) is 1.92. The third-order valence-electron chi connectivity index (χ3n) is 2.23. The number of H-pyrrole nitrogens is 1. The molecule has 8 heteroatoms. The maximum absolute atomic E-state index is 13.3. The second-order valence-corrected chi connectivity index (χ2v) is 3.24. The first-order valence-electron chi connectivity index (χ1n) is 4.35. The van der Waals surface area contributed by atoms with Gasteiger partial charge in [0.2, 0.25) is 5.43 Å². The molecule has 0 radical (unpaired) electrons. The lowest BCUT2D eigenvalue weighted by atomic mass is 10.1. The second kappa shape index (κ2) is 4.69.